The van der Waals surface area contributed by atoms with E-state index < -0.39 is 23.3 Å². The van der Waals surface area contributed by atoms with Crippen LogP contribution in [-0.2, 0) is 23.9 Å². The number of carbonyl (C=O) groups excluding carboxylic acids is 1. The van der Waals surface area contributed by atoms with Gasteiger partial charge in [-0.3, -0.25) is 4.79 Å². The predicted octanol–water partition coefficient (Wildman–Crippen LogP) is 3.99. The van der Waals surface area contributed by atoms with Crippen molar-refractivity contribution in [1.82, 2.24) is 25.1 Å². The molecular weight excluding hydrogens is 487 g/mol. The van der Waals surface area contributed by atoms with E-state index in [2.05, 4.69) is 20.4 Å². The predicted molar refractivity (Wildman–Crippen MR) is 137 cm³/mol. The zero-order valence-corrected chi connectivity index (χ0v) is 21.3. The fourth-order valence-electron chi connectivity index (χ4n) is 4.12. The van der Waals surface area contributed by atoms with Crippen LogP contribution in [0.2, 0.25) is 5.02 Å². The Kier molecular flexibility index (Phi) is 7.00. The van der Waals surface area contributed by atoms with Gasteiger partial charge in [-0.25, -0.2) is 23.4 Å². The fraction of sp³-hybridized carbons (Fsp3) is 0.280. The molecule has 0 aliphatic rings. The minimum absolute atomic E-state index is 0.0348. The van der Waals surface area contributed by atoms with E-state index in [9.17, 15) is 13.6 Å². The van der Waals surface area contributed by atoms with Crippen LogP contribution in [0, 0.1) is 12.7 Å². The maximum Gasteiger partial charge on any atom is 0.254 e. The second-order valence-electron chi connectivity index (χ2n) is 9.10. The minimum Gasteiger partial charge on any atom is -0.487 e. The van der Waals surface area contributed by atoms with Crippen LogP contribution in [0.25, 0.3) is 22.3 Å². The first kappa shape index (κ1) is 25.6. The van der Waals surface area contributed by atoms with Crippen molar-refractivity contribution >= 4 is 36.3 Å². The van der Waals surface area contributed by atoms with Gasteiger partial charge in [-0.2, -0.15) is 5.10 Å². The lowest BCUT2D eigenvalue weighted by Gasteiger charge is -2.30. The number of carbonyl (C=O) groups is 1. The number of halogens is 3. The molecule has 0 saturated carbocycles. The summed E-state index contributed by atoms with van der Waals surface area (Å²) < 4.78 is 35.7. The molecule has 4 rings (SSSR count). The monoisotopic (exact) mass is 511 g/mol. The molecule has 0 fully saturated rings. The van der Waals surface area contributed by atoms with Crippen molar-refractivity contribution in [3.05, 3.63) is 70.4 Å². The third-order valence-corrected chi connectivity index (χ3v) is 6.22. The number of aryl methyl sites for hydroxylation is 2. The van der Waals surface area contributed by atoms with Gasteiger partial charge < -0.3 is 10.1 Å². The summed E-state index contributed by atoms with van der Waals surface area (Å²) in [6.45, 7) is 4.63. The van der Waals surface area contributed by atoms with E-state index >= 15 is 0 Å². The number of hydrogen-bond acceptors (Lipinski definition) is 5. The molecule has 2 aromatic carbocycles. The molecule has 1 N–H and O–H groups in total. The molecule has 0 aliphatic heterocycles. The van der Waals surface area contributed by atoms with Crippen LogP contribution in [0.5, 0.6) is 5.75 Å². The quantitative estimate of drug-likeness (QED) is 0.380. The maximum atomic E-state index is 14.3. The fourth-order valence-corrected chi connectivity index (χ4v) is 4.38. The number of aromatic nitrogens is 4. The first-order valence-electron chi connectivity index (χ1n) is 11.3. The number of para-hydroxylation sites is 1. The van der Waals surface area contributed by atoms with Gasteiger partial charge in [0.25, 0.3) is 5.91 Å². The number of pyridine rings is 1. The molecule has 2 heterocycles. The number of amides is 1. The van der Waals surface area contributed by atoms with Crippen LogP contribution >= 0.6 is 11.6 Å². The first-order chi connectivity index (χ1) is 17.0. The summed E-state index contributed by atoms with van der Waals surface area (Å²) in [5.41, 5.74) is 1.97. The Hall–Kier alpha value is -3.53. The van der Waals surface area contributed by atoms with E-state index in [4.69, 9.17) is 16.3 Å². The number of ether oxygens (including phenoxy) is 1. The summed E-state index contributed by atoms with van der Waals surface area (Å²) in [6.07, 6.45) is -0.236. The van der Waals surface area contributed by atoms with Gasteiger partial charge in [-0.1, -0.05) is 23.7 Å². The SMILES string of the molecule is B[C@@](C)(NC(=O)[C@H](C)F)c1cc(F)cc(Cl)c1COc1cccc2c(-c3ncnn3C)cc(C)nc12. The number of fused-ring (bicyclic) bond motifs is 1. The molecule has 2 atom stereocenters. The number of nitrogens with zero attached hydrogens (tertiary/aromatic N) is 4. The zero-order chi connectivity index (χ0) is 26.2. The van der Waals surface area contributed by atoms with Crippen molar-refractivity contribution in [3.8, 4) is 17.1 Å². The van der Waals surface area contributed by atoms with Gasteiger partial charge in [-0.05, 0) is 50.6 Å². The van der Waals surface area contributed by atoms with E-state index in [-0.39, 0.29) is 11.6 Å². The van der Waals surface area contributed by atoms with Gasteiger partial charge in [-0.15, -0.1) is 0 Å². The molecule has 0 bridgehead atoms. The van der Waals surface area contributed by atoms with Crippen LogP contribution in [0.15, 0.2) is 42.7 Å². The average Bonchev–Trinajstić information content (AvgIpc) is 3.22. The summed E-state index contributed by atoms with van der Waals surface area (Å²) in [5, 5.41) is 7.72. The van der Waals surface area contributed by atoms with Crippen LogP contribution < -0.4 is 10.1 Å². The normalized spacial score (nSPS) is 13.9. The Morgan fingerprint density at radius 3 is 2.75 bits per heavy atom. The highest BCUT2D eigenvalue weighted by atomic mass is 35.5. The van der Waals surface area contributed by atoms with Gasteiger partial charge >= 0.3 is 0 Å². The van der Waals surface area contributed by atoms with Crippen molar-refractivity contribution in [2.75, 3.05) is 0 Å². The van der Waals surface area contributed by atoms with Gasteiger partial charge in [0.1, 0.15) is 37.9 Å². The second-order valence-corrected chi connectivity index (χ2v) is 9.51. The van der Waals surface area contributed by atoms with Gasteiger partial charge in [0.15, 0.2) is 12.0 Å². The van der Waals surface area contributed by atoms with E-state index in [1.807, 2.05) is 32.2 Å². The molecule has 2 aromatic heterocycles. The third kappa shape index (κ3) is 5.04. The standard InChI is InChI=1S/C25H25BClF2N5O2/c1-13-8-17(23-30-12-31-34(23)4)16-6-5-7-21(22(16)32-13)36-11-18-19(9-15(29)10-20(18)27)25(3,26)33-24(35)14(2)28/h5-10,12,14H,11,26H2,1-4H3,(H,33,35)/t14-,25-/m0/s1. The molecule has 186 valence electrons. The van der Waals surface area contributed by atoms with E-state index in [1.165, 1.54) is 18.5 Å². The number of nitrogens with one attached hydrogen (secondary N) is 1. The summed E-state index contributed by atoms with van der Waals surface area (Å²) >= 11 is 6.42. The lowest BCUT2D eigenvalue weighted by Crippen LogP contribution is -2.47. The van der Waals surface area contributed by atoms with E-state index in [0.717, 1.165) is 23.6 Å². The number of benzene rings is 2. The van der Waals surface area contributed by atoms with Gasteiger partial charge in [0.05, 0.1) is 5.02 Å². The Labute approximate surface area is 213 Å². The largest absolute Gasteiger partial charge is 0.487 e. The van der Waals surface area contributed by atoms with Crippen molar-refractivity contribution in [2.45, 2.75) is 39.0 Å². The summed E-state index contributed by atoms with van der Waals surface area (Å²) in [7, 11) is 3.46. The Balaban J connectivity index is 1.74. The lowest BCUT2D eigenvalue weighted by molar-refractivity contribution is -0.126. The Bertz CT molecular complexity index is 1460. The summed E-state index contributed by atoms with van der Waals surface area (Å²) in [6, 6.07) is 9.93. The average molecular weight is 512 g/mol. The van der Waals surface area contributed by atoms with Gasteiger partial charge in [0.2, 0.25) is 0 Å². The number of rotatable bonds is 7. The first-order valence-corrected chi connectivity index (χ1v) is 11.7. The van der Waals surface area contributed by atoms with Crippen LogP contribution in [0.4, 0.5) is 8.78 Å². The van der Waals surface area contributed by atoms with Crippen molar-refractivity contribution in [3.63, 3.8) is 0 Å². The topological polar surface area (TPSA) is 81.9 Å². The third-order valence-electron chi connectivity index (χ3n) is 5.89. The van der Waals surface area contributed by atoms with Crippen molar-refractivity contribution < 1.29 is 18.3 Å². The highest BCUT2D eigenvalue weighted by Crippen LogP contribution is 2.34. The van der Waals surface area contributed by atoms with Gasteiger partial charge in [0, 0.05) is 34.7 Å². The second kappa shape index (κ2) is 9.85. The molecule has 0 radical (unpaired) electrons. The minimum atomic E-state index is -1.72. The highest BCUT2D eigenvalue weighted by molar-refractivity contribution is 6.31. The molecule has 0 spiro atoms. The van der Waals surface area contributed by atoms with Crippen LogP contribution in [0.1, 0.15) is 30.7 Å². The molecule has 0 saturated heterocycles. The molecule has 4 aromatic rings. The van der Waals surface area contributed by atoms with Crippen LogP contribution in [0.3, 0.4) is 0 Å². The van der Waals surface area contributed by atoms with Crippen LogP contribution in [-0.4, -0.2) is 39.7 Å². The molecule has 0 aliphatic carbocycles. The summed E-state index contributed by atoms with van der Waals surface area (Å²) in [5.74, 6) is -0.210. The lowest BCUT2D eigenvalue weighted by atomic mass is 9.72. The Morgan fingerprint density at radius 2 is 2.08 bits per heavy atom. The molecule has 36 heavy (non-hydrogen) atoms. The Morgan fingerprint density at radius 1 is 1.33 bits per heavy atom. The van der Waals surface area contributed by atoms with E-state index in [0.29, 0.717) is 28.2 Å². The number of hydrogen-bond donors (Lipinski definition) is 1. The molecule has 11 heteroatoms. The van der Waals surface area contributed by atoms with Crippen molar-refractivity contribution in [2.24, 2.45) is 7.05 Å². The van der Waals surface area contributed by atoms with Crippen molar-refractivity contribution in [1.29, 1.82) is 0 Å². The molecule has 1 amide bonds. The zero-order valence-electron chi connectivity index (χ0n) is 20.6. The molecule has 7 nitrogen and oxygen atoms in total. The highest BCUT2D eigenvalue weighted by Gasteiger charge is 2.29. The van der Waals surface area contributed by atoms with E-state index in [1.54, 1.807) is 25.5 Å². The number of alkyl halides is 1. The summed E-state index contributed by atoms with van der Waals surface area (Å²) in [4.78, 5) is 21.1. The molecular formula is C25H25BClF2N5O2. The maximum absolute atomic E-state index is 14.3. The smallest absolute Gasteiger partial charge is 0.254 e. The molecule has 0 unspecified atom stereocenters.